The number of hydrogen-bond donors (Lipinski definition) is 1. The van der Waals surface area contributed by atoms with E-state index in [1.165, 1.54) is 12.1 Å². The van der Waals surface area contributed by atoms with E-state index in [0.29, 0.717) is 4.90 Å². The Morgan fingerprint density at radius 3 is 3.03 bits per heavy atom. The highest BCUT2D eigenvalue weighted by Gasteiger charge is 2.14. The summed E-state index contributed by atoms with van der Waals surface area (Å²) in [7, 11) is -2.95. The summed E-state index contributed by atoms with van der Waals surface area (Å²) < 4.78 is 139. The van der Waals surface area contributed by atoms with Gasteiger partial charge in [-0.2, -0.15) is 0 Å². The van der Waals surface area contributed by atoms with Crippen LogP contribution in [0.25, 0.3) is 10.9 Å². The van der Waals surface area contributed by atoms with E-state index < -0.39 is 68.7 Å². The van der Waals surface area contributed by atoms with Crippen molar-refractivity contribution in [2.75, 3.05) is 51.6 Å². The van der Waals surface area contributed by atoms with Crippen molar-refractivity contribution in [1.29, 1.82) is 0 Å². The van der Waals surface area contributed by atoms with E-state index in [0.717, 1.165) is 6.33 Å². The smallest absolute Gasteiger partial charge is 0.162 e. The maximum atomic E-state index is 14.1. The van der Waals surface area contributed by atoms with E-state index in [4.69, 9.17) is 40.3 Å². The number of ether oxygens (including phenoxy) is 3. The SMILES string of the molecule is [2H]c1c([2H])c(Nc2ncnc3cc(OC([2H])([2H])[2H])c(OCCCN4C([2H])([2H])C([2H])([2H])OC([2H])([2H])C4([2H])[2H])cc23)c([2H])c(Cl)c1F. The Hall–Kier alpha value is -2.68. The van der Waals surface area contributed by atoms with Gasteiger partial charge in [-0.15, -0.1) is 0 Å². The van der Waals surface area contributed by atoms with E-state index >= 15 is 0 Å². The fourth-order valence-corrected chi connectivity index (χ4v) is 2.77. The predicted molar refractivity (Wildman–Crippen MR) is 118 cm³/mol. The van der Waals surface area contributed by atoms with Crippen molar-refractivity contribution >= 4 is 34.0 Å². The van der Waals surface area contributed by atoms with E-state index in [1.54, 1.807) is 0 Å². The molecule has 3 aromatic rings. The number of nitrogens with zero attached hydrogens (tertiary/aromatic N) is 3. The Balaban J connectivity index is 1.66. The van der Waals surface area contributed by atoms with Gasteiger partial charge in [0, 0.05) is 42.2 Å². The number of nitrogens with one attached hydrogen (secondary N) is 1. The normalized spacial score (nSPS) is 28.1. The molecule has 0 aliphatic carbocycles. The molecule has 164 valence electrons. The molecular weight excluding hydrogens is 423 g/mol. The average Bonchev–Trinajstić information content (AvgIpc) is 2.90. The van der Waals surface area contributed by atoms with Crippen LogP contribution in [0.1, 0.15) is 25.6 Å². The summed E-state index contributed by atoms with van der Waals surface area (Å²) >= 11 is 5.82. The molecular formula is C22H24ClFN4O3. The Morgan fingerprint density at radius 2 is 2.19 bits per heavy atom. The maximum Gasteiger partial charge on any atom is 0.162 e. The second kappa shape index (κ2) is 10.1. The second-order valence-corrected chi connectivity index (χ2v) is 6.40. The number of fused-ring (bicyclic) bond motifs is 1. The Bertz CT molecular complexity index is 1570. The molecule has 7 nitrogen and oxygen atoms in total. The van der Waals surface area contributed by atoms with Crippen LogP contribution in [0.4, 0.5) is 15.9 Å². The molecule has 0 amide bonds. The van der Waals surface area contributed by atoms with Crippen molar-refractivity contribution < 1.29 is 37.8 Å². The number of methoxy groups -OCH3 is 1. The fraction of sp³-hybridized carbons (Fsp3) is 0.364. The lowest BCUT2D eigenvalue weighted by molar-refractivity contribution is 0.0357. The standard InChI is InChI=1S/C22H24ClFN4O3/c1-29-20-13-19-16(12-21(20)31-8-2-5-28-6-9-30-10-7-28)22(26-14-25-19)27-15-3-4-18(24)17(23)11-15/h3-4,11-14H,2,5-10H2,1H3,(H,25,26,27)/i1D3,3D,4D,6D2,7D2,9D2,10D2,11D. The van der Waals surface area contributed by atoms with Crippen LogP contribution >= 0.6 is 11.6 Å². The maximum absolute atomic E-state index is 14.1. The van der Waals surface area contributed by atoms with Gasteiger partial charge in [-0.3, -0.25) is 4.90 Å². The zero-order chi connectivity index (χ0) is 33.9. The number of benzene rings is 2. The van der Waals surface area contributed by atoms with Crippen molar-refractivity contribution in [3.05, 3.63) is 47.4 Å². The topological polar surface area (TPSA) is 68.7 Å². The lowest BCUT2D eigenvalue weighted by Gasteiger charge is -2.26. The van der Waals surface area contributed by atoms with Gasteiger partial charge in [-0.25, -0.2) is 14.4 Å². The van der Waals surface area contributed by atoms with Crippen LogP contribution in [-0.2, 0) is 4.74 Å². The lowest BCUT2D eigenvalue weighted by Crippen LogP contribution is -2.37. The van der Waals surface area contributed by atoms with E-state index in [-0.39, 0.29) is 46.9 Å². The molecule has 1 aromatic heterocycles. The van der Waals surface area contributed by atoms with Crippen LogP contribution in [-0.4, -0.2) is 61.2 Å². The molecule has 0 atom stereocenters. The second-order valence-electron chi connectivity index (χ2n) is 6.03. The first-order valence-corrected chi connectivity index (χ1v) is 9.20. The van der Waals surface area contributed by atoms with E-state index in [2.05, 4.69) is 20.0 Å². The predicted octanol–water partition coefficient (Wildman–Crippen LogP) is 4.28. The molecule has 2 heterocycles. The molecule has 0 bridgehead atoms. The minimum atomic E-state index is -3.22. The first kappa shape index (κ1) is 10.3. The fourth-order valence-electron chi connectivity index (χ4n) is 2.63. The number of aromatic nitrogens is 2. The largest absolute Gasteiger partial charge is 0.493 e. The van der Waals surface area contributed by atoms with Crippen molar-refractivity contribution in [3.63, 3.8) is 0 Å². The summed E-state index contributed by atoms with van der Waals surface area (Å²) in [5.41, 5.74) is -0.263. The molecule has 1 aliphatic rings. The molecule has 1 saturated heterocycles. The van der Waals surface area contributed by atoms with Crippen LogP contribution in [0, 0.1) is 5.82 Å². The highest BCUT2D eigenvalue weighted by molar-refractivity contribution is 6.31. The Labute approximate surface area is 204 Å². The van der Waals surface area contributed by atoms with Gasteiger partial charge in [0.15, 0.2) is 11.5 Å². The third-order valence-electron chi connectivity index (χ3n) is 4.03. The van der Waals surface area contributed by atoms with Crippen LogP contribution in [0.5, 0.6) is 11.5 Å². The summed E-state index contributed by atoms with van der Waals surface area (Å²) in [6, 6.07) is 0.234. The van der Waals surface area contributed by atoms with Gasteiger partial charge in [-0.05, 0) is 30.6 Å². The number of halogens is 2. The zero-order valence-corrected chi connectivity index (χ0v) is 16.4. The van der Waals surface area contributed by atoms with E-state index in [1.807, 2.05) is 0 Å². The minimum absolute atomic E-state index is 0.0754. The third kappa shape index (κ3) is 5.33. The van der Waals surface area contributed by atoms with Crippen molar-refractivity contribution in [2.24, 2.45) is 0 Å². The Morgan fingerprint density at radius 1 is 1.32 bits per heavy atom. The molecule has 31 heavy (non-hydrogen) atoms. The molecule has 9 heteroatoms. The quantitative estimate of drug-likeness (QED) is 0.503. The Kier molecular flexibility index (Phi) is 3.35. The molecule has 0 saturated carbocycles. The first-order chi connectivity index (χ1) is 20.5. The van der Waals surface area contributed by atoms with Gasteiger partial charge in [0.2, 0.25) is 0 Å². The summed E-state index contributed by atoms with van der Waals surface area (Å²) in [5, 5.41) is 2.07. The van der Waals surface area contributed by atoms with Gasteiger partial charge in [-0.1, -0.05) is 11.6 Å². The number of anilines is 2. The summed E-state index contributed by atoms with van der Waals surface area (Å²) in [6.45, 7) is -13.6. The molecule has 1 fully saturated rings. The van der Waals surface area contributed by atoms with Gasteiger partial charge in [0.05, 0.1) is 51.0 Å². The van der Waals surface area contributed by atoms with Gasteiger partial charge >= 0.3 is 0 Å². The van der Waals surface area contributed by atoms with Crippen molar-refractivity contribution in [2.45, 2.75) is 6.42 Å². The summed E-state index contributed by atoms with van der Waals surface area (Å²) in [6.07, 6.45) is 0.837. The lowest BCUT2D eigenvalue weighted by atomic mass is 10.2. The first-order valence-electron chi connectivity index (χ1n) is 15.8. The number of rotatable bonds is 8. The van der Waals surface area contributed by atoms with Crippen molar-refractivity contribution in [3.8, 4) is 11.5 Å². The summed E-state index contributed by atoms with van der Waals surface area (Å²) in [5.74, 6) is -1.87. The van der Waals surface area contributed by atoms with E-state index in [9.17, 15) is 4.39 Å². The van der Waals surface area contributed by atoms with Crippen LogP contribution < -0.4 is 14.8 Å². The molecule has 2 aromatic carbocycles. The number of hydrogen-bond acceptors (Lipinski definition) is 7. The van der Waals surface area contributed by atoms with Gasteiger partial charge in [0.25, 0.3) is 0 Å². The highest BCUT2D eigenvalue weighted by Crippen LogP contribution is 2.35. The molecule has 1 N–H and O–H groups in total. The molecule has 0 radical (unpaired) electrons. The molecule has 1 aliphatic heterocycles. The molecule has 0 unspecified atom stereocenters. The zero-order valence-electron chi connectivity index (χ0n) is 29.7. The molecule has 0 spiro atoms. The third-order valence-corrected chi connectivity index (χ3v) is 4.29. The average molecular weight is 461 g/mol. The minimum Gasteiger partial charge on any atom is -0.493 e. The van der Waals surface area contributed by atoms with Gasteiger partial charge < -0.3 is 19.5 Å². The van der Waals surface area contributed by atoms with Gasteiger partial charge in [0.1, 0.15) is 18.0 Å². The van der Waals surface area contributed by atoms with Crippen molar-refractivity contribution in [1.82, 2.24) is 14.9 Å². The highest BCUT2D eigenvalue weighted by atomic mass is 35.5. The molecule has 4 rings (SSSR count). The monoisotopic (exact) mass is 460 g/mol. The van der Waals surface area contributed by atoms with Crippen LogP contribution in [0.3, 0.4) is 0 Å². The van der Waals surface area contributed by atoms with Crippen LogP contribution in [0.2, 0.25) is 5.02 Å². The number of morpholine rings is 1. The van der Waals surface area contributed by atoms with Crippen LogP contribution in [0.15, 0.2) is 36.6 Å². The summed E-state index contributed by atoms with van der Waals surface area (Å²) in [4.78, 5) is 8.47.